The van der Waals surface area contributed by atoms with Gasteiger partial charge in [-0.15, -0.1) is 0 Å². The zero-order valence-electron chi connectivity index (χ0n) is 11.3. The van der Waals surface area contributed by atoms with E-state index >= 15 is 0 Å². The number of nitrogens with zero attached hydrogens (tertiary/aromatic N) is 1. The number of hydrogen-bond donors (Lipinski definition) is 1. The van der Waals surface area contributed by atoms with Crippen LogP contribution in [0, 0.1) is 0 Å². The molecule has 0 fully saturated rings. The summed E-state index contributed by atoms with van der Waals surface area (Å²) in [6, 6.07) is 11.0. The summed E-state index contributed by atoms with van der Waals surface area (Å²) in [6.07, 6.45) is 5.81. The van der Waals surface area contributed by atoms with Gasteiger partial charge in [0.1, 0.15) is 0 Å². The van der Waals surface area contributed by atoms with E-state index in [4.69, 9.17) is 5.73 Å². The predicted octanol–water partition coefficient (Wildman–Crippen LogP) is 2.90. The van der Waals surface area contributed by atoms with Crippen LogP contribution in [0.1, 0.15) is 31.7 Å². The third kappa shape index (κ3) is 3.69. The van der Waals surface area contributed by atoms with Gasteiger partial charge in [0.15, 0.2) is 0 Å². The number of nitrogens with two attached hydrogens (primary N) is 1. The normalized spacial score (nSPS) is 18.4. The van der Waals surface area contributed by atoms with Gasteiger partial charge in [-0.3, -0.25) is 4.90 Å². The van der Waals surface area contributed by atoms with E-state index in [1.54, 1.807) is 0 Å². The first-order valence-corrected chi connectivity index (χ1v) is 7.02. The topological polar surface area (TPSA) is 29.3 Å². The van der Waals surface area contributed by atoms with Crippen molar-refractivity contribution in [2.45, 2.75) is 32.2 Å². The van der Waals surface area contributed by atoms with E-state index in [0.29, 0.717) is 6.04 Å². The zero-order valence-corrected chi connectivity index (χ0v) is 11.3. The second-order valence-electron chi connectivity index (χ2n) is 5.15. The van der Waals surface area contributed by atoms with Crippen molar-refractivity contribution in [1.29, 1.82) is 0 Å². The molecule has 1 aliphatic rings. The minimum absolute atomic E-state index is 0.335. The fourth-order valence-electron chi connectivity index (χ4n) is 2.59. The van der Waals surface area contributed by atoms with Gasteiger partial charge in [0.2, 0.25) is 0 Å². The molecule has 1 aromatic rings. The molecule has 1 atom stereocenters. The highest BCUT2D eigenvalue weighted by Gasteiger charge is 2.14. The summed E-state index contributed by atoms with van der Waals surface area (Å²) in [5.41, 5.74) is 8.95. The summed E-state index contributed by atoms with van der Waals surface area (Å²) in [6.45, 7) is 5.41. The first-order valence-electron chi connectivity index (χ1n) is 7.02. The zero-order chi connectivity index (χ0) is 12.8. The van der Waals surface area contributed by atoms with Crippen molar-refractivity contribution >= 4 is 5.57 Å². The maximum Gasteiger partial charge on any atom is 0.0169 e. The molecule has 2 N–H and O–H groups in total. The molecule has 0 radical (unpaired) electrons. The summed E-state index contributed by atoms with van der Waals surface area (Å²) >= 11 is 0. The van der Waals surface area contributed by atoms with Crippen LogP contribution in [0.5, 0.6) is 0 Å². The Kier molecular flexibility index (Phi) is 4.97. The second kappa shape index (κ2) is 6.72. The van der Waals surface area contributed by atoms with Gasteiger partial charge >= 0.3 is 0 Å². The van der Waals surface area contributed by atoms with Crippen molar-refractivity contribution in [2.24, 2.45) is 5.73 Å². The van der Waals surface area contributed by atoms with Crippen molar-refractivity contribution in [3.63, 3.8) is 0 Å². The standard InChI is InChI=1S/C16H24N2/c1-2-6-16(17)13-18-11-9-15(10-12-18)14-7-4-3-5-8-14/h3-5,7-9,16H,2,6,10-13,17H2,1H3. The summed E-state index contributed by atoms with van der Waals surface area (Å²) < 4.78 is 0. The van der Waals surface area contributed by atoms with Gasteiger partial charge in [-0.25, -0.2) is 0 Å². The SMILES string of the molecule is CCCC(N)CN1CC=C(c2ccccc2)CC1. The molecule has 2 nitrogen and oxygen atoms in total. The third-order valence-electron chi connectivity index (χ3n) is 3.59. The maximum absolute atomic E-state index is 6.10. The Hall–Kier alpha value is -1.12. The molecule has 1 unspecified atom stereocenters. The van der Waals surface area contributed by atoms with Crippen molar-refractivity contribution in [3.05, 3.63) is 42.0 Å². The van der Waals surface area contributed by atoms with Crippen LogP contribution in [0.25, 0.3) is 5.57 Å². The Morgan fingerprint density at radius 2 is 2.06 bits per heavy atom. The Bertz CT molecular complexity index is 383. The van der Waals surface area contributed by atoms with Gasteiger partial charge < -0.3 is 5.73 Å². The highest BCUT2D eigenvalue weighted by molar-refractivity contribution is 5.66. The lowest BCUT2D eigenvalue weighted by Crippen LogP contribution is -2.39. The van der Waals surface area contributed by atoms with Crippen LogP contribution in [0.4, 0.5) is 0 Å². The molecule has 0 spiro atoms. The van der Waals surface area contributed by atoms with Crippen molar-refractivity contribution in [1.82, 2.24) is 4.90 Å². The number of hydrogen-bond acceptors (Lipinski definition) is 2. The Labute approximate surface area is 110 Å². The first-order chi connectivity index (χ1) is 8.79. The maximum atomic E-state index is 6.10. The highest BCUT2D eigenvalue weighted by atomic mass is 15.1. The van der Waals surface area contributed by atoms with Crippen LogP contribution in [-0.2, 0) is 0 Å². The molecule has 98 valence electrons. The van der Waals surface area contributed by atoms with E-state index in [-0.39, 0.29) is 0 Å². The second-order valence-corrected chi connectivity index (χ2v) is 5.15. The first kappa shape index (κ1) is 13.3. The molecule has 0 amide bonds. The van der Waals surface area contributed by atoms with Gasteiger partial charge in [-0.2, -0.15) is 0 Å². The largest absolute Gasteiger partial charge is 0.327 e. The minimum atomic E-state index is 0.335. The molecule has 2 rings (SSSR count). The van der Waals surface area contributed by atoms with Gasteiger partial charge in [0, 0.05) is 25.7 Å². The summed E-state index contributed by atoms with van der Waals surface area (Å²) in [5, 5.41) is 0. The van der Waals surface area contributed by atoms with E-state index in [2.05, 4.69) is 48.2 Å². The minimum Gasteiger partial charge on any atom is -0.327 e. The molecule has 1 aliphatic heterocycles. The van der Waals surface area contributed by atoms with Crippen molar-refractivity contribution in [3.8, 4) is 0 Å². The summed E-state index contributed by atoms with van der Waals surface area (Å²) in [7, 11) is 0. The summed E-state index contributed by atoms with van der Waals surface area (Å²) in [5.74, 6) is 0. The van der Waals surface area contributed by atoms with E-state index in [0.717, 1.165) is 32.5 Å². The van der Waals surface area contributed by atoms with Gasteiger partial charge in [-0.1, -0.05) is 49.8 Å². The fourth-order valence-corrected chi connectivity index (χ4v) is 2.59. The number of rotatable bonds is 5. The molecule has 18 heavy (non-hydrogen) atoms. The lowest BCUT2D eigenvalue weighted by atomic mass is 9.99. The lowest BCUT2D eigenvalue weighted by molar-refractivity contribution is 0.276. The van der Waals surface area contributed by atoms with Gasteiger partial charge in [0.25, 0.3) is 0 Å². The molecular formula is C16H24N2. The van der Waals surface area contributed by atoms with Crippen LogP contribution in [0.2, 0.25) is 0 Å². The fraction of sp³-hybridized carbons (Fsp3) is 0.500. The average molecular weight is 244 g/mol. The molecule has 1 aromatic carbocycles. The Morgan fingerprint density at radius 3 is 2.67 bits per heavy atom. The molecule has 1 heterocycles. The van der Waals surface area contributed by atoms with Crippen LogP contribution >= 0.6 is 0 Å². The third-order valence-corrected chi connectivity index (χ3v) is 3.59. The van der Waals surface area contributed by atoms with Crippen molar-refractivity contribution in [2.75, 3.05) is 19.6 Å². The highest BCUT2D eigenvalue weighted by Crippen LogP contribution is 2.21. The summed E-state index contributed by atoms with van der Waals surface area (Å²) in [4.78, 5) is 2.47. The van der Waals surface area contributed by atoms with Gasteiger partial charge in [-0.05, 0) is 24.0 Å². The molecule has 0 aromatic heterocycles. The molecular weight excluding hydrogens is 220 g/mol. The van der Waals surface area contributed by atoms with E-state index in [1.165, 1.54) is 17.6 Å². The Morgan fingerprint density at radius 1 is 1.28 bits per heavy atom. The average Bonchev–Trinajstić information content (AvgIpc) is 2.41. The molecule has 0 bridgehead atoms. The van der Waals surface area contributed by atoms with E-state index in [9.17, 15) is 0 Å². The molecule has 0 saturated carbocycles. The van der Waals surface area contributed by atoms with Crippen LogP contribution in [0.15, 0.2) is 36.4 Å². The Balaban J connectivity index is 1.88. The van der Waals surface area contributed by atoms with E-state index in [1.807, 2.05) is 0 Å². The molecule has 0 saturated heterocycles. The number of benzene rings is 1. The van der Waals surface area contributed by atoms with Gasteiger partial charge in [0.05, 0.1) is 0 Å². The molecule has 2 heteroatoms. The van der Waals surface area contributed by atoms with Crippen LogP contribution in [-0.4, -0.2) is 30.6 Å². The smallest absolute Gasteiger partial charge is 0.0169 e. The quantitative estimate of drug-likeness (QED) is 0.863. The van der Waals surface area contributed by atoms with Crippen LogP contribution < -0.4 is 5.73 Å². The molecule has 0 aliphatic carbocycles. The lowest BCUT2D eigenvalue weighted by Gasteiger charge is -2.28. The van der Waals surface area contributed by atoms with Crippen molar-refractivity contribution < 1.29 is 0 Å². The van der Waals surface area contributed by atoms with Crippen LogP contribution in [0.3, 0.4) is 0 Å². The van der Waals surface area contributed by atoms with E-state index < -0.39 is 0 Å². The predicted molar refractivity (Wildman–Crippen MR) is 78.4 cm³/mol. The monoisotopic (exact) mass is 244 g/mol.